The monoisotopic (exact) mass is 275 g/mol. The summed E-state index contributed by atoms with van der Waals surface area (Å²) < 4.78 is 0. The smallest absolute Gasteiger partial charge is 0.135 e. The summed E-state index contributed by atoms with van der Waals surface area (Å²) in [7, 11) is 2.10. The quantitative estimate of drug-likeness (QED) is 0.847. The van der Waals surface area contributed by atoms with Gasteiger partial charge in [0.1, 0.15) is 11.6 Å². The van der Waals surface area contributed by atoms with Gasteiger partial charge in [0.25, 0.3) is 0 Å². The van der Waals surface area contributed by atoms with Crippen molar-refractivity contribution >= 4 is 17.2 Å². The number of hydrogen-bond acceptors (Lipinski definition) is 4. The fourth-order valence-electron chi connectivity index (χ4n) is 2.04. The Morgan fingerprint density at radius 1 is 1.32 bits per heavy atom. The Balaban J connectivity index is 2.30. The topological polar surface area (TPSA) is 29.0 Å². The van der Waals surface area contributed by atoms with Gasteiger partial charge in [-0.25, -0.2) is 9.97 Å². The van der Waals surface area contributed by atoms with E-state index in [0.29, 0.717) is 5.92 Å². The van der Waals surface area contributed by atoms with Crippen LogP contribution in [-0.2, 0) is 6.54 Å². The van der Waals surface area contributed by atoms with Gasteiger partial charge < -0.3 is 4.90 Å². The highest BCUT2D eigenvalue weighted by Gasteiger charge is 2.14. The molecule has 0 spiro atoms. The third kappa shape index (κ3) is 3.13. The minimum absolute atomic E-state index is 0.433. The number of anilines is 1. The molecule has 0 radical (unpaired) electrons. The number of hydrogen-bond donors (Lipinski definition) is 0. The molecule has 2 aromatic rings. The van der Waals surface area contributed by atoms with Gasteiger partial charge in [-0.2, -0.15) is 0 Å². The Hall–Kier alpha value is -1.42. The van der Waals surface area contributed by atoms with Crippen LogP contribution in [-0.4, -0.2) is 17.0 Å². The second kappa shape index (κ2) is 5.70. The fourth-order valence-corrected chi connectivity index (χ4v) is 3.00. The minimum Gasteiger partial charge on any atom is -0.354 e. The molecule has 0 fully saturated rings. The molecule has 102 valence electrons. The van der Waals surface area contributed by atoms with E-state index in [1.807, 2.05) is 13.1 Å². The zero-order chi connectivity index (χ0) is 14.0. The highest BCUT2D eigenvalue weighted by atomic mass is 32.1. The van der Waals surface area contributed by atoms with Crippen LogP contribution in [0.5, 0.6) is 0 Å². The molecule has 0 saturated carbocycles. The van der Waals surface area contributed by atoms with Crippen LogP contribution in [0.3, 0.4) is 0 Å². The van der Waals surface area contributed by atoms with Gasteiger partial charge in [0.15, 0.2) is 0 Å². The first kappa shape index (κ1) is 14.0. The SMILES string of the molecule is Cc1ncc(C(C)C)c(N(C)Cc2sccc2C)n1. The molecule has 0 aromatic carbocycles. The van der Waals surface area contributed by atoms with Crippen molar-refractivity contribution in [2.75, 3.05) is 11.9 Å². The molecule has 2 heterocycles. The lowest BCUT2D eigenvalue weighted by Crippen LogP contribution is -2.20. The predicted octanol–water partition coefficient (Wildman–Crippen LogP) is 3.91. The first-order chi connectivity index (χ1) is 8.99. The predicted molar refractivity (Wildman–Crippen MR) is 82.0 cm³/mol. The van der Waals surface area contributed by atoms with Crippen molar-refractivity contribution in [2.45, 2.75) is 40.2 Å². The number of aromatic nitrogens is 2. The Bertz CT molecular complexity index is 560. The van der Waals surface area contributed by atoms with Gasteiger partial charge in [-0.15, -0.1) is 11.3 Å². The van der Waals surface area contributed by atoms with Crippen LogP contribution in [0.4, 0.5) is 5.82 Å². The molecule has 0 atom stereocenters. The largest absolute Gasteiger partial charge is 0.354 e. The number of nitrogens with zero attached hydrogens (tertiary/aromatic N) is 3. The third-order valence-corrected chi connectivity index (χ3v) is 4.26. The Kier molecular flexibility index (Phi) is 4.20. The zero-order valence-corrected chi connectivity index (χ0v) is 13.1. The van der Waals surface area contributed by atoms with Gasteiger partial charge in [-0.05, 0) is 36.8 Å². The van der Waals surface area contributed by atoms with Crippen molar-refractivity contribution in [1.82, 2.24) is 9.97 Å². The van der Waals surface area contributed by atoms with E-state index in [9.17, 15) is 0 Å². The van der Waals surface area contributed by atoms with Gasteiger partial charge in [0.05, 0.1) is 6.54 Å². The first-order valence-electron chi connectivity index (χ1n) is 6.56. The van der Waals surface area contributed by atoms with Gasteiger partial charge >= 0.3 is 0 Å². The molecule has 0 aliphatic carbocycles. The summed E-state index contributed by atoms with van der Waals surface area (Å²) in [6, 6.07) is 2.17. The van der Waals surface area contributed by atoms with E-state index in [1.54, 1.807) is 11.3 Å². The van der Waals surface area contributed by atoms with Crippen molar-refractivity contribution in [1.29, 1.82) is 0 Å². The highest BCUT2D eigenvalue weighted by molar-refractivity contribution is 7.10. The maximum Gasteiger partial charge on any atom is 0.135 e. The van der Waals surface area contributed by atoms with E-state index >= 15 is 0 Å². The lowest BCUT2D eigenvalue weighted by atomic mass is 10.1. The minimum atomic E-state index is 0.433. The van der Waals surface area contributed by atoms with Crippen LogP contribution in [0, 0.1) is 13.8 Å². The Morgan fingerprint density at radius 2 is 2.05 bits per heavy atom. The molecule has 19 heavy (non-hydrogen) atoms. The van der Waals surface area contributed by atoms with Crippen molar-refractivity contribution in [3.8, 4) is 0 Å². The molecule has 0 aliphatic heterocycles. The van der Waals surface area contributed by atoms with E-state index < -0.39 is 0 Å². The van der Waals surface area contributed by atoms with Crippen LogP contribution in [0.2, 0.25) is 0 Å². The molecule has 0 saturated heterocycles. The third-order valence-electron chi connectivity index (χ3n) is 3.25. The maximum absolute atomic E-state index is 4.62. The zero-order valence-electron chi connectivity index (χ0n) is 12.3. The highest BCUT2D eigenvalue weighted by Crippen LogP contribution is 2.26. The average molecular weight is 275 g/mol. The van der Waals surface area contributed by atoms with Gasteiger partial charge in [0, 0.05) is 23.7 Å². The van der Waals surface area contributed by atoms with E-state index in [-0.39, 0.29) is 0 Å². The van der Waals surface area contributed by atoms with Crippen molar-refractivity contribution in [3.05, 3.63) is 39.5 Å². The summed E-state index contributed by atoms with van der Waals surface area (Å²) >= 11 is 1.81. The molecule has 0 amide bonds. The van der Waals surface area contributed by atoms with Crippen LogP contribution >= 0.6 is 11.3 Å². The summed E-state index contributed by atoms with van der Waals surface area (Å²) in [5.41, 5.74) is 2.57. The molecular weight excluding hydrogens is 254 g/mol. The maximum atomic E-state index is 4.62. The van der Waals surface area contributed by atoms with Crippen LogP contribution < -0.4 is 4.90 Å². The lowest BCUT2D eigenvalue weighted by Gasteiger charge is -2.22. The summed E-state index contributed by atoms with van der Waals surface area (Å²) in [5, 5.41) is 2.15. The van der Waals surface area contributed by atoms with E-state index in [1.165, 1.54) is 16.0 Å². The molecule has 0 unspecified atom stereocenters. The van der Waals surface area contributed by atoms with Gasteiger partial charge in [-0.3, -0.25) is 0 Å². The van der Waals surface area contributed by atoms with E-state index in [2.05, 4.69) is 54.1 Å². The van der Waals surface area contributed by atoms with E-state index in [4.69, 9.17) is 0 Å². The van der Waals surface area contributed by atoms with Crippen LogP contribution in [0.1, 0.15) is 41.6 Å². The molecule has 0 bridgehead atoms. The van der Waals surface area contributed by atoms with Crippen molar-refractivity contribution in [2.24, 2.45) is 0 Å². The number of thiophene rings is 1. The molecular formula is C15H21N3S. The number of rotatable bonds is 4. The van der Waals surface area contributed by atoms with Gasteiger partial charge in [-0.1, -0.05) is 13.8 Å². The van der Waals surface area contributed by atoms with Crippen LogP contribution in [0.25, 0.3) is 0 Å². The lowest BCUT2D eigenvalue weighted by molar-refractivity contribution is 0.801. The molecule has 2 aromatic heterocycles. The van der Waals surface area contributed by atoms with Crippen molar-refractivity contribution < 1.29 is 0 Å². The molecule has 4 heteroatoms. The fraction of sp³-hybridized carbons (Fsp3) is 0.467. The van der Waals surface area contributed by atoms with E-state index in [0.717, 1.165) is 18.2 Å². The second-order valence-electron chi connectivity index (χ2n) is 5.23. The molecule has 3 nitrogen and oxygen atoms in total. The first-order valence-corrected chi connectivity index (χ1v) is 7.44. The summed E-state index contributed by atoms with van der Waals surface area (Å²) in [4.78, 5) is 12.6. The second-order valence-corrected chi connectivity index (χ2v) is 6.23. The summed E-state index contributed by atoms with van der Waals surface area (Å²) in [6.45, 7) is 9.37. The molecule has 0 aliphatic rings. The van der Waals surface area contributed by atoms with Gasteiger partial charge in [0.2, 0.25) is 0 Å². The standard InChI is InChI=1S/C15H21N3S/c1-10(2)13-8-16-12(4)17-15(13)18(5)9-14-11(3)6-7-19-14/h6-8,10H,9H2,1-5H3. The van der Waals surface area contributed by atoms with Crippen LogP contribution in [0.15, 0.2) is 17.6 Å². The van der Waals surface area contributed by atoms with Crippen molar-refractivity contribution in [3.63, 3.8) is 0 Å². The summed E-state index contributed by atoms with van der Waals surface area (Å²) in [5.74, 6) is 2.31. The Labute approximate surface area is 119 Å². The normalized spacial score (nSPS) is 11.1. The average Bonchev–Trinajstić information content (AvgIpc) is 2.74. The Morgan fingerprint density at radius 3 is 2.63 bits per heavy atom. The number of aryl methyl sites for hydroxylation is 2. The molecule has 0 N–H and O–H groups in total. The molecule has 2 rings (SSSR count). The summed E-state index contributed by atoms with van der Waals surface area (Å²) in [6.07, 6.45) is 1.96.